The summed E-state index contributed by atoms with van der Waals surface area (Å²) in [6, 6.07) is 10.1. The highest BCUT2D eigenvalue weighted by atomic mass is 16.6. The van der Waals surface area contributed by atoms with Crippen LogP contribution in [-0.2, 0) is 16.1 Å². The van der Waals surface area contributed by atoms with E-state index in [-0.39, 0.29) is 17.7 Å². The van der Waals surface area contributed by atoms with Gasteiger partial charge < -0.3 is 9.15 Å². The second kappa shape index (κ2) is 7.48. The first-order valence-corrected chi connectivity index (χ1v) is 9.09. The van der Waals surface area contributed by atoms with Crippen molar-refractivity contribution in [2.75, 3.05) is 6.54 Å². The maximum atomic E-state index is 12.5. The number of carbonyl (C=O) groups excluding carboxylic acids is 3. The molecule has 0 saturated carbocycles. The molecule has 4 rings (SSSR count). The van der Waals surface area contributed by atoms with Crippen molar-refractivity contribution in [3.8, 4) is 0 Å². The molecule has 1 aliphatic rings. The summed E-state index contributed by atoms with van der Waals surface area (Å²) in [4.78, 5) is 60.1. The zero-order valence-electron chi connectivity index (χ0n) is 16.1. The Morgan fingerprint density at radius 1 is 1.13 bits per heavy atom. The van der Waals surface area contributed by atoms with Gasteiger partial charge in [-0.15, -0.1) is 0 Å². The standard InChI is InChI=1S/C21H14N2O8/c1-11-5-6-13-12(8-17(24)31-16(13)7-11)10-30-18(25)9-22-20(26)14-3-2-4-15(23(28)29)19(14)21(22)27/h2-8H,9-10H2,1H3. The molecule has 10 heteroatoms. The number of aryl methyl sites for hydroxylation is 1. The summed E-state index contributed by atoms with van der Waals surface area (Å²) < 4.78 is 10.3. The van der Waals surface area contributed by atoms with Crippen LogP contribution in [0.5, 0.6) is 0 Å². The van der Waals surface area contributed by atoms with E-state index in [2.05, 4.69) is 0 Å². The molecule has 0 spiro atoms. The van der Waals surface area contributed by atoms with Gasteiger partial charge in [0, 0.05) is 23.1 Å². The first-order valence-electron chi connectivity index (χ1n) is 9.09. The molecule has 2 amide bonds. The lowest BCUT2D eigenvalue weighted by molar-refractivity contribution is -0.385. The van der Waals surface area contributed by atoms with Crippen molar-refractivity contribution in [1.82, 2.24) is 4.90 Å². The lowest BCUT2D eigenvalue weighted by Crippen LogP contribution is -2.35. The lowest BCUT2D eigenvalue weighted by atomic mass is 10.1. The van der Waals surface area contributed by atoms with Crippen molar-refractivity contribution in [2.45, 2.75) is 13.5 Å². The average Bonchev–Trinajstić information content (AvgIpc) is 2.96. The summed E-state index contributed by atoms with van der Waals surface area (Å²) in [6.45, 7) is 0.827. The molecule has 1 aliphatic heterocycles. The third-order valence-electron chi connectivity index (χ3n) is 4.84. The third kappa shape index (κ3) is 3.54. The SMILES string of the molecule is Cc1ccc2c(COC(=O)CN3C(=O)c4cccc([N+](=O)[O-])c4C3=O)cc(=O)oc2c1. The Labute approximate surface area is 173 Å². The number of nitrogens with zero attached hydrogens (tertiary/aromatic N) is 2. The van der Waals surface area contributed by atoms with Crippen molar-refractivity contribution >= 4 is 34.4 Å². The third-order valence-corrected chi connectivity index (χ3v) is 4.84. The van der Waals surface area contributed by atoms with Gasteiger partial charge in [0.25, 0.3) is 17.5 Å². The molecule has 3 aromatic rings. The van der Waals surface area contributed by atoms with Crippen LogP contribution in [0.15, 0.2) is 51.7 Å². The predicted molar refractivity (Wildman–Crippen MR) is 105 cm³/mol. The number of esters is 1. The zero-order chi connectivity index (χ0) is 22.3. The summed E-state index contributed by atoms with van der Waals surface area (Å²) in [5, 5.41) is 11.7. The van der Waals surface area contributed by atoms with Crippen molar-refractivity contribution in [3.63, 3.8) is 0 Å². The van der Waals surface area contributed by atoms with Crippen LogP contribution in [-0.4, -0.2) is 34.2 Å². The van der Waals surface area contributed by atoms with Gasteiger partial charge in [0.2, 0.25) is 0 Å². The second-order valence-corrected chi connectivity index (χ2v) is 6.90. The van der Waals surface area contributed by atoms with E-state index >= 15 is 0 Å². The molecule has 0 fully saturated rings. The van der Waals surface area contributed by atoms with Gasteiger partial charge in [0.05, 0.1) is 10.5 Å². The van der Waals surface area contributed by atoms with Gasteiger partial charge in [0.15, 0.2) is 0 Å². The van der Waals surface area contributed by atoms with Crippen molar-refractivity contribution < 1.29 is 28.5 Å². The number of fused-ring (bicyclic) bond motifs is 2. The Kier molecular flexibility index (Phi) is 4.82. The number of rotatable bonds is 5. The van der Waals surface area contributed by atoms with Crippen molar-refractivity contribution in [3.05, 3.63) is 85.3 Å². The van der Waals surface area contributed by atoms with Crippen LogP contribution < -0.4 is 5.63 Å². The summed E-state index contributed by atoms with van der Waals surface area (Å²) in [5.41, 5.74) is -0.00372. The monoisotopic (exact) mass is 422 g/mol. The largest absolute Gasteiger partial charge is 0.459 e. The predicted octanol–water partition coefficient (Wildman–Crippen LogP) is 2.35. The Morgan fingerprint density at radius 2 is 1.90 bits per heavy atom. The molecule has 0 radical (unpaired) electrons. The molecular formula is C21H14N2O8. The molecule has 156 valence electrons. The van der Waals surface area contributed by atoms with Crippen LogP contribution in [0.2, 0.25) is 0 Å². The number of imide groups is 1. The first kappa shape index (κ1) is 20.0. The maximum Gasteiger partial charge on any atom is 0.336 e. The first-order chi connectivity index (χ1) is 14.8. The molecule has 0 atom stereocenters. The fourth-order valence-electron chi connectivity index (χ4n) is 3.40. The summed E-state index contributed by atoms with van der Waals surface area (Å²) in [7, 11) is 0. The Balaban J connectivity index is 1.52. The summed E-state index contributed by atoms with van der Waals surface area (Å²) in [5.74, 6) is -2.67. The Hall–Kier alpha value is -4.34. The quantitative estimate of drug-likeness (QED) is 0.201. The van der Waals surface area contributed by atoms with E-state index in [1.165, 1.54) is 18.2 Å². The van der Waals surface area contributed by atoms with E-state index in [1.54, 1.807) is 18.2 Å². The minimum absolute atomic E-state index is 0.144. The van der Waals surface area contributed by atoms with Gasteiger partial charge in [-0.3, -0.25) is 29.4 Å². The van der Waals surface area contributed by atoms with E-state index < -0.39 is 40.6 Å². The normalized spacial score (nSPS) is 12.9. The minimum Gasteiger partial charge on any atom is -0.459 e. The Morgan fingerprint density at radius 3 is 2.65 bits per heavy atom. The molecule has 0 N–H and O–H groups in total. The Bertz CT molecular complexity index is 1340. The highest BCUT2D eigenvalue weighted by Crippen LogP contribution is 2.30. The van der Waals surface area contributed by atoms with E-state index in [9.17, 15) is 29.3 Å². The average molecular weight is 422 g/mol. The number of nitro benzene ring substituents is 1. The van der Waals surface area contributed by atoms with Gasteiger partial charge in [0.1, 0.15) is 24.3 Å². The molecule has 31 heavy (non-hydrogen) atoms. The molecule has 0 saturated heterocycles. The molecule has 1 aromatic heterocycles. The smallest absolute Gasteiger partial charge is 0.336 e. The molecule has 0 bridgehead atoms. The molecule has 0 unspecified atom stereocenters. The molecular weight excluding hydrogens is 408 g/mol. The summed E-state index contributed by atoms with van der Waals surface area (Å²) in [6.07, 6.45) is 0. The topological polar surface area (TPSA) is 137 Å². The van der Waals surface area contributed by atoms with E-state index in [1.807, 2.05) is 6.92 Å². The number of carbonyl (C=O) groups is 3. The van der Waals surface area contributed by atoms with E-state index in [0.717, 1.165) is 11.6 Å². The number of benzene rings is 2. The summed E-state index contributed by atoms with van der Waals surface area (Å²) >= 11 is 0. The fraction of sp³-hybridized carbons (Fsp3) is 0.143. The van der Waals surface area contributed by atoms with E-state index in [0.29, 0.717) is 21.4 Å². The van der Waals surface area contributed by atoms with Gasteiger partial charge >= 0.3 is 11.6 Å². The van der Waals surface area contributed by atoms with Crippen LogP contribution in [0, 0.1) is 17.0 Å². The molecule has 0 aliphatic carbocycles. The van der Waals surface area contributed by atoms with Crippen LogP contribution in [0.3, 0.4) is 0 Å². The van der Waals surface area contributed by atoms with Crippen molar-refractivity contribution in [1.29, 1.82) is 0 Å². The van der Waals surface area contributed by atoms with Crippen LogP contribution in [0.1, 0.15) is 31.8 Å². The maximum absolute atomic E-state index is 12.5. The number of amides is 2. The zero-order valence-corrected chi connectivity index (χ0v) is 16.1. The molecule has 2 aromatic carbocycles. The fourth-order valence-corrected chi connectivity index (χ4v) is 3.40. The highest BCUT2D eigenvalue weighted by Gasteiger charge is 2.41. The van der Waals surface area contributed by atoms with Crippen LogP contribution in [0.25, 0.3) is 11.0 Å². The van der Waals surface area contributed by atoms with Gasteiger partial charge in [-0.2, -0.15) is 0 Å². The highest BCUT2D eigenvalue weighted by molar-refractivity contribution is 6.24. The number of hydrogen-bond donors (Lipinski definition) is 0. The minimum atomic E-state index is -0.939. The molecule has 2 heterocycles. The second-order valence-electron chi connectivity index (χ2n) is 6.90. The van der Waals surface area contributed by atoms with Crippen LogP contribution >= 0.6 is 0 Å². The number of ether oxygens (including phenoxy) is 1. The van der Waals surface area contributed by atoms with Gasteiger partial charge in [-0.25, -0.2) is 4.79 Å². The van der Waals surface area contributed by atoms with Crippen molar-refractivity contribution in [2.24, 2.45) is 0 Å². The lowest BCUT2D eigenvalue weighted by Gasteiger charge is -2.13. The molecule has 10 nitrogen and oxygen atoms in total. The van der Waals surface area contributed by atoms with E-state index in [4.69, 9.17) is 9.15 Å². The van der Waals surface area contributed by atoms with Gasteiger partial charge in [-0.05, 0) is 24.6 Å². The van der Waals surface area contributed by atoms with Gasteiger partial charge in [-0.1, -0.05) is 18.2 Å². The van der Waals surface area contributed by atoms with Crippen LogP contribution in [0.4, 0.5) is 5.69 Å². The number of hydrogen-bond acceptors (Lipinski definition) is 8. The number of nitro groups is 1.